The summed E-state index contributed by atoms with van der Waals surface area (Å²) in [5.74, 6) is -1.87. The molecule has 0 saturated carbocycles. The molecule has 2 aliphatic heterocycles. The molecule has 4 heterocycles. The van der Waals surface area contributed by atoms with Crippen molar-refractivity contribution in [2.45, 2.75) is 22.3 Å². The van der Waals surface area contributed by atoms with Crippen LogP contribution in [0, 0.1) is 0 Å². The molecule has 18 heteroatoms. The molecular formula is C16H17N9O5S4. The highest BCUT2D eigenvalue weighted by molar-refractivity contribution is 8.01. The normalized spacial score (nSPS) is 20.1. The quantitative estimate of drug-likeness (QED) is 0.134. The number of nitrogens with one attached hydrogen (secondary N) is 1. The molecule has 0 aromatic carbocycles. The molecule has 6 N–H and O–H groups in total. The number of carboxylic acid groups (broad SMARTS) is 1. The van der Waals surface area contributed by atoms with Crippen molar-refractivity contribution in [3.63, 3.8) is 0 Å². The summed E-state index contributed by atoms with van der Waals surface area (Å²) in [5.41, 5.74) is 11.3. The van der Waals surface area contributed by atoms with Gasteiger partial charge in [-0.2, -0.15) is 9.36 Å². The molecule has 2 atom stereocenters. The number of fused-ring (bicyclic) bond motifs is 1. The van der Waals surface area contributed by atoms with E-state index < -0.39 is 29.2 Å². The van der Waals surface area contributed by atoms with Gasteiger partial charge < -0.3 is 26.7 Å². The van der Waals surface area contributed by atoms with Gasteiger partial charge >= 0.3 is 5.97 Å². The molecule has 180 valence electrons. The highest BCUT2D eigenvalue weighted by atomic mass is 32.2. The van der Waals surface area contributed by atoms with Gasteiger partial charge in [-0.3, -0.25) is 14.5 Å². The molecule has 0 radical (unpaired) electrons. The molecule has 2 aromatic heterocycles. The predicted octanol–water partition coefficient (Wildman–Crippen LogP) is -0.688. The molecule has 34 heavy (non-hydrogen) atoms. The number of carbonyl (C=O) groups is 3. The monoisotopic (exact) mass is 543 g/mol. The maximum Gasteiger partial charge on any atom is 0.352 e. The van der Waals surface area contributed by atoms with Crippen molar-refractivity contribution in [2.24, 2.45) is 10.9 Å². The minimum Gasteiger partial charge on any atom is -0.477 e. The number of β-lactam (4-membered cyclic amide) rings is 1. The van der Waals surface area contributed by atoms with Crippen molar-refractivity contribution in [3.8, 4) is 0 Å². The number of carboxylic acids is 1. The van der Waals surface area contributed by atoms with Crippen LogP contribution in [0.25, 0.3) is 0 Å². The highest BCUT2D eigenvalue weighted by Crippen LogP contribution is 2.41. The standard InChI is InChI=1S/C16H17N9O5S4/c1-30-23-7(10-20-15(18)34-24-10)11(26)19-8-12(27)25-9(14(28)29)5(3-31-13(8)25)4-32-16-22-21-6(2-17)33-16/h8,13H,2-4,17H2,1H3,(H,19,26)(H,28,29)(H2,18,20,24)/t8?,13-/m0/s1. The average Bonchev–Trinajstić information content (AvgIpc) is 3.47. The van der Waals surface area contributed by atoms with Gasteiger partial charge in [0.15, 0.2) is 9.47 Å². The van der Waals surface area contributed by atoms with Crippen LogP contribution in [0.4, 0.5) is 5.13 Å². The van der Waals surface area contributed by atoms with E-state index in [1.807, 2.05) is 0 Å². The lowest BCUT2D eigenvalue weighted by Crippen LogP contribution is -2.71. The lowest BCUT2D eigenvalue weighted by atomic mass is 10.0. The number of aromatic nitrogens is 4. The van der Waals surface area contributed by atoms with Gasteiger partial charge in [-0.15, -0.1) is 22.0 Å². The fraction of sp³-hybridized carbons (Fsp3) is 0.375. The number of nitrogen functional groups attached to an aromatic ring is 1. The van der Waals surface area contributed by atoms with Crippen LogP contribution >= 0.6 is 46.4 Å². The van der Waals surface area contributed by atoms with E-state index in [0.717, 1.165) is 11.5 Å². The fourth-order valence-corrected chi connectivity index (χ4v) is 6.83. The van der Waals surface area contributed by atoms with Gasteiger partial charge in [0, 0.05) is 29.6 Å². The molecule has 4 rings (SSSR count). The number of hydrogen-bond donors (Lipinski definition) is 4. The number of nitrogens with two attached hydrogens (primary N) is 2. The molecule has 1 saturated heterocycles. The number of rotatable bonds is 9. The van der Waals surface area contributed by atoms with Crippen molar-refractivity contribution < 1.29 is 24.3 Å². The second-order valence-corrected chi connectivity index (χ2v) is 10.8. The maximum absolute atomic E-state index is 12.9. The lowest BCUT2D eigenvalue weighted by molar-refractivity contribution is -0.150. The molecule has 2 aromatic rings. The molecule has 2 amide bonds. The van der Waals surface area contributed by atoms with Gasteiger partial charge in [0.05, 0.1) is 0 Å². The Morgan fingerprint density at radius 2 is 2.21 bits per heavy atom. The van der Waals surface area contributed by atoms with Crippen LogP contribution < -0.4 is 16.8 Å². The molecule has 1 fully saturated rings. The van der Waals surface area contributed by atoms with E-state index in [9.17, 15) is 19.5 Å². The maximum atomic E-state index is 12.9. The van der Waals surface area contributed by atoms with E-state index in [2.05, 4.69) is 30.0 Å². The van der Waals surface area contributed by atoms with E-state index in [4.69, 9.17) is 16.3 Å². The molecule has 1 unspecified atom stereocenters. The molecule has 0 spiro atoms. The first-order valence-electron chi connectivity index (χ1n) is 9.40. The molecule has 0 bridgehead atoms. The topological polar surface area (TPSA) is 212 Å². The Kier molecular flexibility index (Phi) is 7.31. The van der Waals surface area contributed by atoms with Crippen LogP contribution in [-0.4, -0.2) is 83.1 Å². The lowest BCUT2D eigenvalue weighted by Gasteiger charge is -2.49. The van der Waals surface area contributed by atoms with Crippen LogP contribution in [0.2, 0.25) is 0 Å². The summed E-state index contributed by atoms with van der Waals surface area (Å²) in [7, 11) is 1.25. The van der Waals surface area contributed by atoms with Crippen LogP contribution in [0.5, 0.6) is 0 Å². The van der Waals surface area contributed by atoms with Gasteiger partial charge in [-0.1, -0.05) is 28.3 Å². The number of amides is 2. The Balaban J connectivity index is 1.48. The van der Waals surface area contributed by atoms with Gasteiger partial charge in [-0.05, 0) is 5.57 Å². The molecule has 14 nitrogen and oxygen atoms in total. The zero-order valence-electron chi connectivity index (χ0n) is 17.3. The van der Waals surface area contributed by atoms with Crippen molar-refractivity contribution in [2.75, 3.05) is 24.3 Å². The smallest absolute Gasteiger partial charge is 0.352 e. The number of aliphatic carboxylic acids is 1. The van der Waals surface area contributed by atoms with E-state index in [0.29, 0.717) is 26.4 Å². The number of anilines is 1. The number of nitrogens with zero attached hydrogens (tertiary/aromatic N) is 6. The minimum atomic E-state index is -1.22. The van der Waals surface area contributed by atoms with E-state index in [-0.39, 0.29) is 28.9 Å². The minimum absolute atomic E-state index is 0.0401. The van der Waals surface area contributed by atoms with Crippen LogP contribution in [0.1, 0.15) is 10.8 Å². The summed E-state index contributed by atoms with van der Waals surface area (Å²) >= 11 is 4.89. The second-order valence-electron chi connectivity index (χ2n) is 6.65. The summed E-state index contributed by atoms with van der Waals surface area (Å²) in [4.78, 5) is 47.4. The van der Waals surface area contributed by atoms with Crippen LogP contribution in [0.15, 0.2) is 20.8 Å². The first-order valence-corrected chi connectivity index (χ1v) is 13.0. The van der Waals surface area contributed by atoms with Crippen molar-refractivity contribution >= 4 is 75.0 Å². The third-order valence-electron chi connectivity index (χ3n) is 4.58. The summed E-state index contributed by atoms with van der Waals surface area (Å²) < 4.78 is 4.59. The Labute approximate surface area is 208 Å². The number of carbonyl (C=O) groups excluding carboxylic acids is 2. The Morgan fingerprint density at radius 3 is 2.82 bits per heavy atom. The van der Waals surface area contributed by atoms with E-state index >= 15 is 0 Å². The zero-order valence-corrected chi connectivity index (χ0v) is 20.6. The number of oxime groups is 1. The van der Waals surface area contributed by atoms with Crippen molar-refractivity contribution in [1.82, 2.24) is 29.8 Å². The largest absolute Gasteiger partial charge is 0.477 e. The first kappa shape index (κ1) is 24.3. The summed E-state index contributed by atoms with van der Waals surface area (Å²) in [6.07, 6.45) is 0. The third-order valence-corrected chi connectivity index (χ3v) is 8.63. The van der Waals surface area contributed by atoms with Crippen molar-refractivity contribution in [3.05, 3.63) is 22.1 Å². The Bertz CT molecular complexity index is 1200. The third kappa shape index (κ3) is 4.71. The molecule has 2 aliphatic rings. The van der Waals surface area contributed by atoms with Gasteiger partial charge in [0.1, 0.15) is 29.2 Å². The number of hydrogen-bond acceptors (Lipinski definition) is 15. The first-order chi connectivity index (χ1) is 16.3. The molecule has 0 aliphatic carbocycles. The average molecular weight is 544 g/mol. The van der Waals surface area contributed by atoms with Gasteiger partial charge in [0.2, 0.25) is 11.5 Å². The van der Waals surface area contributed by atoms with E-state index in [1.165, 1.54) is 46.9 Å². The highest BCUT2D eigenvalue weighted by Gasteiger charge is 2.54. The van der Waals surface area contributed by atoms with Crippen molar-refractivity contribution in [1.29, 1.82) is 0 Å². The summed E-state index contributed by atoms with van der Waals surface area (Å²) in [6.45, 7) is 0.275. The van der Waals surface area contributed by atoms with Gasteiger partial charge in [0.25, 0.3) is 11.8 Å². The predicted molar refractivity (Wildman–Crippen MR) is 126 cm³/mol. The SMILES string of the molecule is CON=C(C(=O)NC1C(=O)N2C(C(=O)O)=C(CSc3nnc(CN)s3)CS[C@@H]12)c1nsc(N)n1. The summed E-state index contributed by atoms with van der Waals surface area (Å²) in [5, 5.41) is 24.2. The second kappa shape index (κ2) is 10.2. The van der Waals surface area contributed by atoms with Gasteiger partial charge in [-0.25, -0.2) is 4.79 Å². The fourth-order valence-electron chi connectivity index (χ4n) is 3.14. The van der Waals surface area contributed by atoms with E-state index in [1.54, 1.807) is 0 Å². The van der Waals surface area contributed by atoms with Crippen LogP contribution in [-0.2, 0) is 25.8 Å². The Morgan fingerprint density at radius 1 is 1.41 bits per heavy atom. The Hall–Kier alpha value is -2.80. The number of thioether (sulfide) groups is 2. The summed E-state index contributed by atoms with van der Waals surface area (Å²) in [6, 6.07) is -0.950. The zero-order chi connectivity index (χ0) is 24.4. The molecular weight excluding hydrogens is 527 g/mol. The van der Waals surface area contributed by atoms with Crippen LogP contribution in [0.3, 0.4) is 0 Å².